The van der Waals surface area contributed by atoms with E-state index >= 15 is 0 Å². The monoisotopic (exact) mass is 280 g/mol. The van der Waals surface area contributed by atoms with E-state index in [0.29, 0.717) is 6.07 Å². The number of halogens is 7. The minimum Gasteiger partial charge on any atom is -0.324 e. The Morgan fingerprint density at radius 2 is 1.47 bits per heavy atom. The van der Waals surface area contributed by atoms with E-state index in [9.17, 15) is 26.3 Å². The third-order valence-electron chi connectivity index (χ3n) is 1.81. The molecule has 0 aliphatic heterocycles. The molecule has 0 radical (unpaired) electrons. The van der Waals surface area contributed by atoms with Crippen molar-refractivity contribution in [3.8, 4) is 0 Å². The van der Waals surface area contributed by atoms with Crippen LogP contribution in [0.2, 0.25) is 0 Å². The molecule has 0 saturated carbocycles. The van der Waals surface area contributed by atoms with Crippen molar-refractivity contribution in [1.29, 1.82) is 0 Å². The molecule has 1 rings (SSSR count). The Morgan fingerprint density at radius 3 is 1.82 bits per heavy atom. The molecule has 0 spiro atoms. The second-order valence-electron chi connectivity index (χ2n) is 2.87. The number of benzene rings is 1. The van der Waals surface area contributed by atoms with Gasteiger partial charge >= 0.3 is 12.4 Å². The van der Waals surface area contributed by atoms with E-state index < -0.39 is 29.2 Å². The highest BCUT2D eigenvalue weighted by molar-refractivity contribution is 5.85. The van der Waals surface area contributed by atoms with E-state index in [4.69, 9.17) is 5.84 Å². The highest BCUT2D eigenvalue weighted by atomic mass is 35.5. The quantitative estimate of drug-likeness (QED) is 0.470. The van der Waals surface area contributed by atoms with Crippen LogP contribution in [0.15, 0.2) is 18.2 Å². The first-order valence-corrected chi connectivity index (χ1v) is 3.92. The summed E-state index contributed by atoms with van der Waals surface area (Å²) in [4.78, 5) is 0. The first-order valence-electron chi connectivity index (χ1n) is 3.92. The fourth-order valence-corrected chi connectivity index (χ4v) is 1.21. The predicted octanol–water partition coefficient (Wildman–Crippen LogP) is 3.43. The molecule has 0 aromatic heterocycles. The molecule has 98 valence electrons. The van der Waals surface area contributed by atoms with Gasteiger partial charge in [-0.1, -0.05) is 6.07 Å². The van der Waals surface area contributed by atoms with Gasteiger partial charge in [0.2, 0.25) is 0 Å². The Morgan fingerprint density at radius 1 is 0.941 bits per heavy atom. The van der Waals surface area contributed by atoms with Crippen LogP contribution in [-0.4, -0.2) is 0 Å². The standard InChI is InChI=1S/C8H6F6N2.ClH/c9-7(10,11)4-2-1-3-5(16-15)6(4)8(12,13)14;/h1-3,16H,15H2;1H. The van der Waals surface area contributed by atoms with Crippen LogP contribution in [0.3, 0.4) is 0 Å². The van der Waals surface area contributed by atoms with Crippen molar-refractivity contribution in [2.45, 2.75) is 12.4 Å². The molecule has 0 aliphatic carbocycles. The number of alkyl halides is 6. The Balaban J connectivity index is 0.00000256. The van der Waals surface area contributed by atoms with Crippen molar-refractivity contribution in [2.75, 3.05) is 5.43 Å². The van der Waals surface area contributed by atoms with Gasteiger partial charge in [-0.3, -0.25) is 5.84 Å². The van der Waals surface area contributed by atoms with Gasteiger partial charge in [-0.2, -0.15) is 26.3 Å². The van der Waals surface area contributed by atoms with Crippen molar-refractivity contribution in [1.82, 2.24) is 0 Å². The zero-order valence-corrected chi connectivity index (χ0v) is 8.80. The van der Waals surface area contributed by atoms with Crippen LogP contribution >= 0.6 is 12.4 Å². The molecular formula is C8H7ClF6N2. The van der Waals surface area contributed by atoms with Gasteiger partial charge in [-0.25, -0.2) is 0 Å². The van der Waals surface area contributed by atoms with E-state index in [1.165, 1.54) is 0 Å². The summed E-state index contributed by atoms with van der Waals surface area (Å²) < 4.78 is 74.3. The second kappa shape index (κ2) is 5.01. The first kappa shape index (κ1) is 15.9. The fraction of sp³-hybridized carbons (Fsp3) is 0.250. The maximum atomic E-state index is 12.4. The normalized spacial score (nSPS) is 11.9. The Bertz CT molecular complexity index is 387. The predicted molar refractivity (Wildman–Crippen MR) is 51.5 cm³/mol. The fourth-order valence-electron chi connectivity index (χ4n) is 1.21. The SMILES string of the molecule is Cl.NNc1cccc(C(F)(F)F)c1C(F)(F)F. The summed E-state index contributed by atoms with van der Waals surface area (Å²) >= 11 is 0. The summed E-state index contributed by atoms with van der Waals surface area (Å²) in [6.45, 7) is 0. The summed E-state index contributed by atoms with van der Waals surface area (Å²) in [5, 5.41) is 0. The molecule has 0 atom stereocenters. The average molecular weight is 281 g/mol. The van der Waals surface area contributed by atoms with E-state index in [0.717, 1.165) is 12.1 Å². The lowest BCUT2D eigenvalue weighted by molar-refractivity contribution is -0.161. The summed E-state index contributed by atoms with van der Waals surface area (Å²) in [5.41, 5.74) is -2.81. The van der Waals surface area contributed by atoms with Crippen LogP contribution in [0, 0.1) is 0 Å². The number of hydrogen-bond acceptors (Lipinski definition) is 2. The lowest BCUT2D eigenvalue weighted by Gasteiger charge is -2.18. The Kier molecular flexibility index (Phi) is 4.67. The lowest BCUT2D eigenvalue weighted by atomic mass is 10.0. The van der Waals surface area contributed by atoms with Crippen molar-refractivity contribution in [2.24, 2.45) is 5.84 Å². The van der Waals surface area contributed by atoms with E-state index in [2.05, 4.69) is 0 Å². The van der Waals surface area contributed by atoms with Crippen molar-refractivity contribution >= 4 is 18.1 Å². The number of anilines is 1. The van der Waals surface area contributed by atoms with Gasteiger partial charge in [0, 0.05) is 0 Å². The zero-order chi connectivity index (χ0) is 12.6. The maximum absolute atomic E-state index is 12.4. The molecule has 0 saturated heterocycles. The zero-order valence-electron chi connectivity index (χ0n) is 7.99. The van der Waals surface area contributed by atoms with Crippen LogP contribution in [0.4, 0.5) is 32.0 Å². The minimum atomic E-state index is -5.13. The number of nitrogens with two attached hydrogens (primary N) is 1. The molecule has 1 aromatic carbocycles. The molecule has 3 N–H and O–H groups in total. The first-order chi connectivity index (χ1) is 7.18. The van der Waals surface area contributed by atoms with E-state index in [1.54, 1.807) is 5.43 Å². The van der Waals surface area contributed by atoms with Crippen molar-refractivity contribution in [3.63, 3.8) is 0 Å². The van der Waals surface area contributed by atoms with Gasteiger partial charge in [-0.15, -0.1) is 12.4 Å². The summed E-state index contributed by atoms with van der Waals surface area (Å²) in [6.07, 6.45) is -10.2. The molecule has 0 fully saturated rings. The molecule has 0 aliphatic rings. The lowest BCUT2D eigenvalue weighted by Crippen LogP contribution is -2.20. The molecule has 1 aromatic rings. The smallest absolute Gasteiger partial charge is 0.324 e. The van der Waals surface area contributed by atoms with Crippen LogP contribution in [-0.2, 0) is 12.4 Å². The second-order valence-corrected chi connectivity index (χ2v) is 2.87. The third kappa shape index (κ3) is 3.40. The molecule has 0 amide bonds. The van der Waals surface area contributed by atoms with Gasteiger partial charge < -0.3 is 5.43 Å². The topological polar surface area (TPSA) is 38.0 Å². The Labute approximate surface area is 98.2 Å². The highest BCUT2D eigenvalue weighted by Gasteiger charge is 2.44. The van der Waals surface area contributed by atoms with Crippen molar-refractivity contribution in [3.05, 3.63) is 29.3 Å². The summed E-state index contributed by atoms with van der Waals surface area (Å²) in [7, 11) is 0. The highest BCUT2D eigenvalue weighted by Crippen LogP contribution is 2.43. The molecular weight excluding hydrogens is 274 g/mol. The molecule has 0 unspecified atom stereocenters. The maximum Gasteiger partial charge on any atom is 0.419 e. The summed E-state index contributed by atoms with van der Waals surface area (Å²) in [6, 6.07) is 2.01. The van der Waals surface area contributed by atoms with Gasteiger partial charge in [0.05, 0.1) is 16.8 Å². The number of nitrogen functional groups attached to an aromatic ring is 1. The largest absolute Gasteiger partial charge is 0.419 e. The van der Waals surface area contributed by atoms with Crippen LogP contribution < -0.4 is 11.3 Å². The summed E-state index contributed by atoms with van der Waals surface area (Å²) in [5.74, 6) is 4.74. The average Bonchev–Trinajstić information content (AvgIpc) is 2.13. The number of hydrazine groups is 1. The molecule has 0 bridgehead atoms. The molecule has 9 heteroatoms. The number of nitrogens with one attached hydrogen (secondary N) is 1. The number of rotatable bonds is 1. The van der Waals surface area contributed by atoms with Gasteiger partial charge in [-0.05, 0) is 12.1 Å². The van der Waals surface area contributed by atoms with Crippen molar-refractivity contribution < 1.29 is 26.3 Å². The minimum absolute atomic E-state index is 0. The Hall–Kier alpha value is -1.15. The molecule has 17 heavy (non-hydrogen) atoms. The molecule has 0 heterocycles. The van der Waals surface area contributed by atoms with Crippen LogP contribution in [0.1, 0.15) is 11.1 Å². The van der Waals surface area contributed by atoms with Gasteiger partial charge in [0.15, 0.2) is 0 Å². The van der Waals surface area contributed by atoms with E-state index in [-0.39, 0.29) is 12.4 Å². The molecule has 2 nitrogen and oxygen atoms in total. The van der Waals surface area contributed by atoms with Gasteiger partial charge in [0.25, 0.3) is 0 Å². The van der Waals surface area contributed by atoms with E-state index in [1.807, 2.05) is 0 Å². The number of hydrogen-bond donors (Lipinski definition) is 2. The third-order valence-corrected chi connectivity index (χ3v) is 1.81. The van der Waals surface area contributed by atoms with Crippen LogP contribution in [0.5, 0.6) is 0 Å². The van der Waals surface area contributed by atoms with Gasteiger partial charge in [0.1, 0.15) is 0 Å². The van der Waals surface area contributed by atoms with Crippen LogP contribution in [0.25, 0.3) is 0 Å².